The third kappa shape index (κ3) is 3.78. The number of urea groups is 1. The number of carbonyl (C=O) groups excluding carboxylic acids is 1. The molecule has 0 radical (unpaired) electrons. The van der Waals surface area contributed by atoms with Gasteiger partial charge in [0.15, 0.2) is 0 Å². The first-order valence-corrected chi connectivity index (χ1v) is 6.42. The molecule has 1 saturated heterocycles. The van der Waals surface area contributed by atoms with Gasteiger partial charge in [0.25, 0.3) is 0 Å². The quantitative estimate of drug-likeness (QED) is 0.851. The van der Waals surface area contributed by atoms with Crippen molar-refractivity contribution in [1.82, 2.24) is 10.4 Å². The number of hydrogen-bond acceptors (Lipinski definition) is 3. The Kier molecular flexibility index (Phi) is 4.56. The highest BCUT2D eigenvalue weighted by Gasteiger charge is 2.31. The summed E-state index contributed by atoms with van der Waals surface area (Å²) in [5.74, 6) is 0. The average molecular weight is 303 g/mol. The summed E-state index contributed by atoms with van der Waals surface area (Å²) in [7, 11) is 1.34. The van der Waals surface area contributed by atoms with Crippen molar-refractivity contribution in [3.8, 4) is 0 Å². The number of benzene rings is 1. The van der Waals surface area contributed by atoms with Gasteiger partial charge in [-0.25, -0.2) is 10.3 Å². The highest BCUT2D eigenvalue weighted by Crippen LogP contribution is 2.31. The van der Waals surface area contributed by atoms with Crippen LogP contribution in [0.2, 0.25) is 0 Å². The highest BCUT2D eigenvalue weighted by molar-refractivity contribution is 5.73. The molecule has 0 saturated carbocycles. The van der Waals surface area contributed by atoms with E-state index in [1.54, 1.807) is 11.0 Å². The van der Waals surface area contributed by atoms with E-state index in [1.807, 2.05) is 4.90 Å². The van der Waals surface area contributed by atoms with Crippen molar-refractivity contribution in [2.75, 3.05) is 38.2 Å². The number of halogens is 3. The van der Waals surface area contributed by atoms with Gasteiger partial charge in [0.05, 0.1) is 12.7 Å². The van der Waals surface area contributed by atoms with Crippen molar-refractivity contribution in [2.24, 2.45) is 0 Å². The summed E-state index contributed by atoms with van der Waals surface area (Å²) < 4.78 is 38.1. The molecule has 1 aromatic rings. The molecule has 0 unspecified atom stereocenters. The number of nitrogens with one attached hydrogen (secondary N) is 1. The topological polar surface area (TPSA) is 44.8 Å². The van der Waals surface area contributed by atoms with Crippen LogP contribution in [0.4, 0.5) is 23.7 Å². The summed E-state index contributed by atoms with van der Waals surface area (Å²) in [5.41, 5.74) is 2.06. The molecule has 116 valence electrons. The lowest BCUT2D eigenvalue weighted by Gasteiger charge is -2.36. The Bertz CT molecular complexity index is 500. The number of carbonyl (C=O) groups is 1. The summed E-state index contributed by atoms with van der Waals surface area (Å²) in [6, 6.07) is 4.86. The molecule has 1 aliphatic rings. The first-order valence-electron chi connectivity index (χ1n) is 6.42. The lowest BCUT2D eigenvalue weighted by Crippen LogP contribution is -2.51. The molecule has 2 amide bonds. The molecule has 0 atom stereocenters. The number of nitrogens with zero attached hydrogens (tertiary/aromatic N) is 2. The molecule has 1 heterocycles. The number of hydroxylamine groups is 1. The van der Waals surface area contributed by atoms with Crippen LogP contribution in [0.1, 0.15) is 5.56 Å². The van der Waals surface area contributed by atoms with Gasteiger partial charge in [0, 0.05) is 31.9 Å². The number of rotatable bonds is 2. The van der Waals surface area contributed by atoms with Crippen LogP contribution in [0.15, 0.2) is 24.3 Å². The van der Waals surface area contributed by atoms with Gasteiger partial charge in [-0.2, -0.15) is 13.2 Å². The van der Waals surface area contributed by atoms with Gasteiger partial charge in [-0.3, -0.25) is 4.84 Å². The fraction of sp³-hybridized carbons (Fsp3) is 0.462. The zero-order chi connectivity index (χ0) is 15.5. The largest absolute Gasteiger partial charge is 0.416 e. The van der Waals surface area contributed by atoms with Crippen LogP contribution in [0.5, 0.6) is 0 Å². The van der Waals surface area contributed by atoms with Gasteiger partial charge in [0.1, 0.15) is 0 Å². The standard InChI is InChI=1S/C13H16F3N3O2/c1-21-17-12(20)19-7-5-18(6-8-19)11-4-2-3-10(9-11)13(14,15)16/h2-4,9H,5-8H2,1H3,(H,17,20). The number of anilines is 1. The highest BCUT2D eigenvalue weighted by atomic mass is 19.4. The van der Waals surface area contributed by atoms with Crippen LogP contribution in [0.3, 0.4) is 0 Å². The Morgan fingerprint density at radius 1 is 1.24 bits per heavy atom. The fourth-order valence-corrected chi connectivity index (χ4v) is 2.20. The summed E-state index contributed by atoms with van der Waals surface area (Å²) in [4.78, 5) is 19.5. The van der Waals surface area contributed by atoms with Crippen LogP contribution < -0.4 is 10.4 Å². The maximum Gasteiger partial charge on any atom is 0.416 e. The Balaban J connectivity index is 2.01. The van der Waals surface area contributed by atoms with Crippen LogP contribution in [-0.2, 0) is 11.0 Å². The Morgan fingerprint density at radius 2 is 1.90 bits per heavy atom. The van der Waals surface area contributed by atoms with Gasteiger partial charge in [-0.05, 0) is 18.2 Å². The van der Waals surface area contributed by atoms with Crippen LogP contribution >= 0.6 is 0 Å². The molecule has 21 heavy (non-hydrogen) atoms. The Morgan fingerprint density at radius 3 is 2.48 bits per heavy atom. The SMILES string of the molecule is CONC(=O)N1CCN(c2cccc(C(F)(F)F)c2)CC1. The third-order valence-electron chi connectivity index (χ3n) is 3.29. The minimum atomic E-state index is -4.35. The fourth-order valence-electron chi connectivity index (χ4n) is 2.20. The maximum atomic E-state index is 12.7. The second-order valence-electron chi connectivity index (χ2n) is 4.63. The van der Waals surface area contributed by atoms with E-state index in [2.05, 4.69) is 10.3 Å². The van der Waals surface area contributed by atoms with E-state index in [0.717, 1.165) is 12.1 Å². The molecule has 8 heteroatoms. The molecule has 0 aromatic heterocycles. The normalized spacial score (nSPS) is 16.0. The van der Waals surface area contributed by atoms with Crippen molar-refractivity contribution in [1.29, 1.82) is 0 Å². The molecular weight excluding hydrogens is 287 g/mol. The van der Waals surface area contributed by atoms with E-state index >= 15 is 0 Å². The summed E-state index contributed by atoms with van der Waals surface area (Å²) in [6.07, 6.45) is -4.35. The predicted octanol–water partition coefficient (Wildman–Crippen LogP) is 2.10. The van der Waals surface area contributed by atoms with Gasteiger partial charge in [-0.1, -0.05) is 6.07 Å². The van der Waals surface area contributed by atoms with Crippen LogP contribution in [-0.4, -0.2) is 44.2 Å². The predicted molar refractivity (Wildman–Crippen MR) is 70.8 cm³/mol. The van der Waals surface area contributed by atoms with Gasteiger partial charge in [-0.15, -0.1) is 0 Å². The third-order valence-corrected chi connectivity index (χ3v) is 3.29. The van der Waals surface area contributed by atoms with Crippen molar-refractivity contribution in [3.05, 3.63) is 29.8 Å². The molecular formula is C13H16F3N3O2. The second-order valence-corrected chi connectivity index (χ2v) is 4.63. The van der Waals surface area contributed by atoms with Crippen molar-refractivity contribution in [3.63, 3.8) is 0 Å². The lowest BCUT2D eigenvalue weighted by atomic mass is 10.1. The Hall–Kier alpha value is -1.96. The van der Waals surface area contributed by atoms with E-state index < -0.39 is 11.7 Å². The molecule has 1 N–H and O–H groups in total. The van der Waals surface area contributed by atoms with Gasteiger partial charge in [0.2, 0.25) is 0 Å². The summed E-state index contributed by atoms with van der Waals surface area (Å²) in [6.45, 7) is 1.79. The molecule has 2 rings (SSSR count). The molecule has 0 aliphatic carbocycles. The molecule has 0 spiro atoms. The maximum absolute atomic E-state index is 12.7. The number of alkyl halides is 3. The lowest BCUT2D eigenvalue weighted by molar-refractivity contribution is -0.137. The van der Waals surface area contributed by atoms with Crippen molar-refractivity contribution in [2.45, 2.75) is 6.18 Å². The average Bonchev–Trinajstić information content (AvgIpc) is 2.47. The van der Waals surface area contributed by atoms with Gasteiger partial charge >= 0.3 is 12.2 Å². The second kappa shape index (κ2) is 6.21. The van der Waals surface area contributed by atoms with Crippen molar-refractivity contribution < 1.29 is 22.8 Å². The summed E-state index contributed by atoms with van der Waals surface area (Å²) in [5, 5.41) is 0. The first kappa shape index (κ1) is 15.4. The van der Waals surface area contributed by atoms with E-state index in [-0.39, 0.29) is 6.03 Å². The molecule has 1 fully saturated rings. The number of hydrogen-bond donors (Lipinski definition) is 1. The number of piperazine rings is 1. The zero-order valence-electron chi connectivity index (χ0n) is 11.5. The molecule has 5 nitrogen and oxygen atoms in total. The monoisotopic (exact) mass is 303 g/mol. The van der Waals surface area contributed by atoms with E-state index in [1.165, 1.54) is 13.2 Å². The minimum absolute atomic E-state index is 0.346. The van der Waals surface area contributed by atoms with Crippen molar-refractivity contribution >= 4 is 11.7 Å². The Labute approximate surface area is 120 Å². The van der Waals surface area contributed by atoms with E-state index in [9.17, 15) is 18.0 Å². The summed E-state index contributed by atoms with van der Waals surface area (Å²) >= 11 is 0. The molecule has 0 bridgehead atoms. The smallest absolute Gasteiger partial charge is 0.368 e. The van der Waals surface area contributed by atoms with Crippen LogP contribution in [0.25, 0.3) is 0 Å². The number of amides is 2. The molecule has 1 aliphatic heterocycles. The van der Waals surface area contributed by atoms with Crippen LogP contribution in [0, 0.1) is 0 Å². The zero-order valence-corrected chi connectivity index (χ0v) is 11.5. The molecule has 1 aromatic carbocycles. The van der Waals surface area contributed by atoms with Gasteiger partial charge < -0.3 is 9.80 Å². The van der Waals surface area contributed by atoms with E-state index in [4.69, 9.17) is 0 Å². The minimum Gasteiger partial charge on any atom is -0.368 e. The first-order chi connectivity index (χ1) is 9.91. The van der Waals surface area contributed by atoms with E-state index in [0.29, 0.717) is 31.9 Å².